The fourth-order valence-electron chi connectivity index (χ4n) is 3.97. The third-order valence-corrected chi connectivity index (χ3v) is 5.73. The Hall–Kier alpha value is -5.19. The maximum Gasteiger partial charge on any atom is 0.418 e. The molecule has 196 valence electrons. The first-order chi connectivity index (χ1) is 18.8. The number of nitrogens with one attached hydrogen (secondary N) is 2. The Bertz CT molecular complexity index is 1730. The summed E-state index contributed by atoms with van der Waals surface area (Å²) in [5.41, 5.74) is 0.161. The van der Waals surface area contributed by atoms with Crippen molar-refractivity contribution in [3.8, 4) is 5.69 Å². The Morgan fingerprint density at radius 2 is 1.77 bits per heavy atom. The maximum absolute atomic E-state index is 13.5. The summed E-state index contributed by atoms with van der Waals surface area (Å²) in [6.45, 7) is -0.182. The van der Waals surface area contributed by atoms with Gasteiger partial charge in [-0.3, -0.25) is 14.9 Å². The second-order valence-electron chi connectivity index (χ2n) is 8.29. The summed E-state index contributed by atoms with van der Waals surface area (Å²) in [5, 5.41) is 6.14. The van der Waals surface area contributed by atoms with E-state index in [0.29, 0.717) is 17.1 Å². The minimum atomic E-state index is -4.56. The van der Waals surface area contributed by atoms with Crippen LogP contribution in [0.4, 0.5) is 30.4 Å². The third-order valence-electron chi connectivity index (χ3n) is 5.73. The summed E-state index contributed by atoms with van der Waals surface area (Å²) in [6.07, 6.45) is -1.96. The van der Waals surface area contributed by atoms with Crippen molar-refractivity contribution in [2.45, 2.75) is 6.18 Å². The number of benzene rings is 3. The lowest BCUT2D eigenvalue weighted by atomic mass is 10.1. The van der Waals surface area contributed by atoms with E-state index in [0.717, 1.165) is 6.07 Å². The molecule has 0 saturated carbocycles. The van der Waals surface area contributed by atoms with Crippen LogP contribution in [0.25, 0.3) is 16.6 Å². The van der Waals surface area contributed by atoms with Gasteiger partial charge in [0.1, 0.15) is 12.4 Å². The van der Waals surface area contributed by atoms with Crippen molar-refractivity contribution in [3.05, 3.63) is 113 Å². The second kappa shape index (κ2) is 10.7. The molecular weight excluding hydrogens is 511 g/mol. The smallest absolute Gasteiger partial charge is 0.418 e. The number of H-pyrrole nitrogens is 1. The minimum Gasteiger partial charge on any atom is -0.456 e. The summed E-state index contributed by atoms with van der Waals surface area (Å²) in [6, 6.07) is 22.1. The molecule has 0 amide bonds. The number of aromatic amines is 1. The minimum absolute atomic E-state index is 0.173. The number of nitrogens with zero attached hydrogens (tertiary/aromatic N) is 3. The lowest BCUT2D eigenvalue weighted by Gasteiger charge is -2.15. The topological polar surface area (TPSA) is 101 Å². The van der Waals surface area contributed by atoms with Gasteiger partial charge in [-0.05, 0) is 36.4 Å². The summed E-state index contributed by atoms with van der Waals surface area (Å²) < 4.78 is 47.0. The van der Waals surface area contributed by atoms with Gasteiger partial charge < -0.3 is 10.1 Å². The Labute approximate surface area is 219 Å². The number of ether oxygens (including phenoxy) is 1. The summed E-state index contributed by atoms with van der Waals surface area (Å²) in [7, 11) is 0. The van der Waals surface area contributed by atoms with Gasteiger partial charge in [-0.2, -0.15) is 13.2 Å². The lowest BCUT2D eigenvalue weighted by molar-refractivity contribution is -0.136. The molecule has 11 heteroatoms. The van der Waals surface area contributed by atoms with E-state index in [1.54, 1.807) is 42.5 Å². The first kappa shape index (κ1) is 25.5. The van der Waals surface area contributed by atoms with E-state index in [1.807, 2.05) is 6.07 Å². The fraction of sp³-hybridized carbons (Fsp3) is 0.0714. The Morgan fingerprint density at radius 3 is 2.56 bits per heavy atom. The molecule has 0 spiro atoms. The van der Waals surface area contributed by atoms with Crippen LogP contribution in [0.3, 0.4) is 0 Å². The van der Waals surface area contributed by atoms with Gasteiger partial charge in [0.25, 0.3) is 5.56 Å². The largest absolute Gasteiger partial charge is 0.456 e. The number of pyridine rings is 1. The number of rotatable bonds is 7. The third kappa shape index (κ3) is 5.57. The van der Waals surface area contributed by atoms with Gasteiger partial charge in [-0.1, -0.05) is 42.5 Å². The zero-order valence-electron chi connectivity index (χ0n) is 20.1. The number of carbonyl (C=O) groups is 1. The van der Waals surface area contributed by atoms with Crippen LogP contribution < -0.4 is 10.9 Å². The Morgan fingerprint density at radius 1 is 1.00 bits per heavy atom. The zero-order valence-corrected chi connectivity index (χ0v) is 20.1. The van der Waals surface area contributed by atoms with Gasteiger partial charge in [0.2, 0.25) is 0 Å². The predicted molar refractivity (Wildman–Crippen MR) is 141 cm³/mol. The molecule has 0 atom stereocenters. The van der Waals surface area contributed by atoms with E-state index >= 15 is 0 Å². The second-order valence-corrected chi connectivity index (χ2v) is 8.29. The van der Waals surface area contributed by atoms with Crippen molar-refractivity contribution in [3.63, 3.8) is 0 Å². The van der Waals surface area contributed by atoms with Gasteiger partial charge in [0.05, 0.1) is 28.0 Å². The number of para-hydroxylation sites is 3. The SMILES string of the molecule is O=C(OC/C=N/c1cc(=O)n(-c2ccccc2)[nH]1)c1ccccc1Nc1ccnc2c(C(F)(F)F)cccc12. The zero-order chi connectivity index (χ0) is 27.4. The van der Waals surface area contributed by atoms with Crippen LogP contribution in [0, 0.1) is 0 Å². The molecule has 0 fully saturated rings. The van der Waals surface area contributed by atoms with Crippen molar-refractivity contribution in [1.29, 1.82) is 0 Å². The molecule has 2 heterocycles. The van der Waals surface area contributed by atoms with E-state index < -0.39 is 17.7 Å². The highest BCUT2D eigenvalue weighted by Crippen LogP contribution is 2.36. The number of halogens is 3. The quantitative estimate of drug-likeness (QED) is 0.197. The highest BCUT2D eigenvalue weighted by atomic mass is 19.4. The molecule has 5 aromatic rings. The molecule has 2 N–H and O–H groups in total. The standard InChI is InChI=1S/C28H20F3N5O3/c29-28(30,31)21-11-6-10-19-23(13-14-33-26(19)21)34-22-12-5-4-9-20(22)27(38)39-16-15-32-24-17-25(37)36(35-24)18-7-2-1-3-8-18/h1-15,17,35H,16H2,(H,33,34)/b32-15+. The van der Waals surface area contributed by atoms with E-state index in [1.165, 1.54) is 47.4 Å². The normalized spacial score (nSPS) is 11.7. The number of hydrogen-bond donors (Lipinski definition) is 2. The van der Waals surface area contributed by atoms with Gasteiger partial charge in [0, 0.05) is 29.6 Å². The number of anilines is 2. The number of aromatic nitrogens is 3. The van der Waals surface area contributed by atoms with Gasteiger partial charge in [-0.25, -0.2) is 14.5 Å². The molecule has 39 heavy (non-hydrogen) atoms. The van der Waals surface area contributed by atoms with Gasteiger partial charge >= 0.3 is 12.1 Å². The van der Waals surface area contributed by atoms with Crippen molar-refractivity contribution in [2.24, 2.45) is 4.99 Å². The number of fused-ring (bicyclic) bond motifs is 1. The highest BCUT2D eigenvalue weighted by Gasteiger charge is 2.33. The van der Waals surface area contributed by atoms with Crippen molar-refractivity contribution < 1.29 is 22.7 Å². The van der Waals surface area contributed by atoms with Crippen LogP contribution in [0.1, 0.15) is 15.9 Å². The Kier molecular flexibility index (Phi) is 6.96. The van der Waals surface area contributed by atoms with Crippen LogP contribution in [-0.2, 0) is 10.9 Å². The molecule has 5 rings (SSSR count). The van der Waals surface area contributed by atoms with E-state index in [4.69, 9.17) is 4.74 Å². The van der Waals surface area contributed by atoms with Crippen LogP contribution in [-0.4, -0.2) is 33.6 Å². The number of aliphatic imine (C=N–C) groups is 1. The molecule has 0 radical (unpaired) electrons. The van der Waals surface area contributed by atoms with Crippen molar-refractivity contribution in [2.75, 3.05) is 11.9 Å². The molecular formula is C28H20F3N5O3. The van der Waals surface area contributed by atoms with Gasteiger partial charge in [0.15, 0.2) is 0 Å². The molecule has 0 unspecified atom stereocenters. The first-order valence-corrected chi connectivity index (χ1v) is 11.7. The monoisotopic (exact) mass is 531 g/mol. The van der Waals surface area contributed by atoms with E-state index in [-0.39, 0.29) is 34.5 Å². The van der Waals surface area contributed by atoms with Crippen LogP contribution in [0.2, 0.25) is 0 Å². The summed E-state index contributed by atoms with van der Waals surface area (Å²) in [5.74, 6) is -0.390. The first-order valence-electron chi connectivity index (χ1n) is 11.7. The number of alkyl halides is 3. The molecule has 0 aliphatic rings. The molecule has 8 nitrogen and oxygen atoms in total. The average Bonchev–Trinajstić information content (AvgIpc) is 3.31. The highest BCUT2D eigenvalue weighted by molar-refractivity contribution is 6.00. The molecule has 2 aromatic heterocycles. The molecule has 0 aliphatic heterocycles. The molecule has 3 aromatic carbocycles. The van der Waals surface area contributed by atoms with Gasteiger partial charge in [-0.15, -0.1) is 0 Å². The van der Waals surface area contributed by atoms with Crippen LogP contribution in [0.15, 0.2) is 101 Å². The van der Waals surface area contributed by atoms with E-state index in [9.17, 15) is 22.8 Å². The lowest BCUT2D eigenvalue weighted by Crippen LogP contribution is -2.12. The van der Waals surface area contributed by atoms with Crippen LogP contribution >= 0.6 is 0 Å². The molecule has 0 saturated heterocycles. The Balaban J connectivity index is 1.30. The van der Waals surface area contributed by atoms with Crippen molar-refractivity contribution in [1.82, 2.24) is 14.8 Å². The number of carbonyl (C=O) groups excluding carboxylic acids is 1. The number of hydrogen-bond acceptors (Lipinski definition) is 6. The van der Waals surface area contributed by atoms with Crippen molar-refractivity contribution >= 4 is 40.3 Å². The van der Waals surface area contributed by atoms with Crippen LogP contribution in [0.5, 0.6) is 0 Å². The molecule has 0 aliphatic carbocycles. The predicted octanol–water partition coefficient (Wildman–Crippen LogP) is 6.04. The number of esters is 1. The fourth-order valence-corrected chi connectivity index (χ4v) is 3.97. The van der Waals surface area contributed by atoms with E-state index in [2.05, 4.69) is 20.4 Å². The maximum atomic E-state index is 13.5. The molecule has 0 bridgehead atoms. The average molecular weight is 531 g/mol. The summed E-state index contributed by atoms with van der Waals surface area (Å²) in [4.78, 5) is 33.1. The summed E-state index contributed by atoms with van der Waals surface area (Å²) >= 11 is 0.